The van der Waals surface area contributed by atoms with Crippen LogP contribution in [0.4, 0.5) is 18.9 Å². The summed E-state index contributed by atoms with van der Waals surface area (Å²) in [6.07, 6.45) is -4.45. The van der Waals surface area contributed by atoms with Crippen molar-refractivity contribution in [3.8, 4) is 11.1 Å². The number of carbonyl (C=O) groups excluding carboxylic acids is 1. The number of anilines is 1. The van der Waals surface area contributed by atoms with Gasteiger partial charge in [-0.3, -0.25) is 4.79 Å². The van der Waals surface area contributed by atoms with Crippen LogP contribution in [0.1, 0.15) is 15.9 Å². The normalized spacial score (nSPS) is 11.1. The van der Waals surface area contributed by atoms with Crippen LogP contribution in [0.2, 0.25) is 0 Å². The van der Waals surface area contributed by atoms with Gasteiger partial charge < -0.3 is 0 Å². The zero-order valence-corrected chi connectivity index (χ0v) is 14.1. The SMILES string of the molecule is C=NN(C(=O)c1ccc(C(F)(F)F)cc1)c1ccc(-c2ccccc2)cc1. The van der Waals surface area contributed by atoms with Crippen LogP contribution in [0.25, 0.3) is 11.1 Å². The molecule has 0 unspecified atom stereocenters. The van der Waals surface area contributed by atoms with Crippen LogP contribution >= 0.6 is 0 Å². The fraction of sp³-hybridized carbons (Fsp3) is 0.0476. The third-order valence-corrected chi connectivity index (χ3v) is 4.01. The average molecular weight is 368 g/mol. The maximum atomic E-state index is 12.7. The summed E-state index contributed by atoms with van der Waals surface area (Å²) in [6, 6.07) is 20.8. The van der Waals surface area contributed by atoms with Gasteiger partial charge >= 0.3 is 6.18 Å². The topological polar surface area (TPSA) is 32.7 Å². The molecule has 0 aromatic heterocycles. The first-order chi connectivity index (χ1) is 12.9. The molecule has 0 bridgehead atoms. The highest BCUT2D eigenvalue weighted by atomic mass is 19.4. The van der Waals surface area contributed by atoms with Gasteiger partial charge in [-0.2, -0.15) is 23.3 Å². The number of hydrogen-bond acceptors (Lipinski definition) is 2. The lowest BCUT2D eigenvalue weighted by molar-refractivity contribution is -0.137. The Kier molecular flexibility index (Phi) is 5.07. The van der Waals surface area contributed by atoms with Crippen LogP contribution in [0.15, 0.2) is 84.0 Å². The maximum absolute atomic E-state index is 12.7. The second-order valence-corrected chi connectivity index (χ2v) is 5.75. The summed E-state index contributed by atoms with van der Waals surface area (Å²) in [6.45, 7) is 3.40. The Hall–Kier alpha value is -3.41. The molecule has 3 nitrogen and oxygen atoms in total. The van der Waals surface area contributed by atoms with Crippen molar-refractivity contribution in [2.24, 2.45) is 5.10 Å². The summed E-state index contributed by atoms with van der Waals surface area (Å²) in [7, 11) is 0. The molecule has 0 N–H and O–H groups in total. The molecule has 3 aromatic rings. The van der Waals surface area contributed by atoms with Crippen LogP contribution in [0.5, 0.6) is 0 Å². The van der Waals surface area contributed by atoms with Crippen LogP contribution in [0.3, 0.4) is 0 Å². The van der Waals surface area contributed by atoms with Gasteiger partial charge in [-0.1, -0.05) is 42.5 Å². The second kappa shape index (κ2) is 7.45. The molecule has 0 aliphatic rings. The lowest BCUT2D eigenvalue weighted by atomic mass is 10.1. The summed E-state index contributed by atoms with van der Waals surface area (Å²) in [5, 5.41) is 4.77. The standard InChI is InChI=1S/C21H15F3N2O/c1-25-26(20(27)17-7-11-18(12-8-17)21(22,23)24)19-13-9-16(10-14-19)15-5-3-2-4-6-15/h2-14H,1H2. The number of amides is 1. The highest BCUT2D eigenvalue weighted by molar-refractivity contribution is 6.06. The molecule has 0 spiro atoms. The lowest BCUT2D eigenvalue weighted by Crippen LogP contribution is -2.25. The zero-order chi connectivity index (χ0) is 19.4. The van der Waals surface area contributed by atoms with Gasteiger partial charge in [0.15, 0.2) is 0 Å². The minimum Gasteiger partial charge on any atom is -0.267 e. The molecule has 0 atom stereocenters. The second-order valence-electron chi connectivity index (χ2n) is 5.75. The van der Waals surface area contributed by atoms with E-state index in [2.05, 4.69) is 11.8 Å². The Morgan fingerprint density at radius 3 is 1.89 bits per heavy atom. The van der Waals surface area contributed by atoms with E-state index in [1.54, 1.807) is 12.1 Å². The fourth-order valence-electron chi connectivity index (χ4n) is 2.61. The predicted molar refractivity (Wildman–Crippen MR) is 99.7 cm³/mol. The summed E-state index contributed by atoms with van der Waals surface area (Å²) >= 11 is 0. The van der Waals surface area contributed by atoms with E-state index in [4.69, 9.17) is 0 Å². The molecule has 0 aliphatic carbocycles. The predicted octanol–water partition coefficient (Wildman–Crippen LogP) is 5.63. The monoisotopic (exact) mass is 368 g/mol. The third-order valence-electron chi connectivity index (χ3n) is 4.01. The van der Waals surface area contributed by atoms with Crippen molar-refractivity contribution in [1.29, 1.82) is 0 Å². The summed E-state index contributed by atoms with van der Waals surface area (Å²) in [5.74, 6) is -0.564. The minimum atomic E-state index is -4.45. The van der Waals surface area contributed by atoms with Gasteiger partial charge in [-0.25, -0.2) is 0 Å². The maximum Gasteiger partial charge on any atom is 0.416 e. The van der Waals surface area contributed by atoms with Crippen molar-refractivity contribution >= 4 is 18.3 Å². The molecule has 6 heteroatoms. The Labute approximate surface area is 154 Å². The van der Waals surface area contributed by atoms with E-state index in [1.807, 2.05) is 42.5 Å². The number of rotatable bonds is 4. The third kappa shape index (κ3) is 4.06. The highest BCUT2D eigenvalue weighted by Crippen LogP contribution is 2.30. The van der Waals surface area contributed by atoms with Crippen molar-refractivity contribution in [2.45, 2.75) is 6.18 Å². The van der Waals surface area contributed by atoms with Crippen LogP contribution in [-0.4, -0.2) is 12.6 Å². The molecule has 0 saturated carbocycles. The number of halogens is 3. The number of hydrazone groups is 1. The molecule has 0 aliphatic heterocycles. The van der Waals surface area contributed by atoms with Crippen molar-refractivity contribution in [3.05, 3.63) is 90.0 Å². The zero-order valence-electron chi connectivity index (χ0n) is 14.1. The molecular formula is C21H15F3N2O. The molecule has 136 valence electrons. The number of alkyl halides is 3. The summed E-state index contributed by atoms with van der Waals surface area (Å²) < 4.78 is 38.0. The van der Waals surface area contributed by atoms with E-state index < -0.39 is 17.6 Å². The van der Waals surface area contributed by atoms with Gasteiger partial charge in [0.05, 0.1) is 11.3 Å². The first-order valence-electron chi connectivity index (χ1n) is 8.04. The van der Waals surface area contributed by atoms with Crippen LogP contribution < -0.4 is 5.01 Å². The van der Waals surface area contributed by atoms with Gasteiger partial charge in [-0.15, -0.1) is 0 Å². The molecule has 3 aromatic carbocycles. The highest BCUT2D eigenvalue weighted by Gasteiger charge is 2.30. The van der Waals surface area contributed by atoms with Gasteiger partial charge in [0.25, 0.3) is 5.91 Å². The van der Waals surface area contributed by atoms with E-state index in [1.165, 1.54) is 0 Å². The van der Waals surface area contributed by atoms with Crippen molar-refractivity contribution in [1.82, 2.24) is 0 Å². The summed E-state index contributed by atoms with van der Waals surface area (Å²) in [4.78, 5) is 12.6. The Morgan fingerprint density at radius 2 is 1.37 bits per heavy atom. The van der Waals surface area contributed by atoms with Crippen molar-refractivity contribution in [3.63, 3.8) is 0 Å². The minimum absolute atomic E-state index is 0.0857. The van der Waals surface area contributed by atoms with E-state index >= 15 is 0 Å². The number of hydrogen-bond donors (Lipinski definition) is 0. The lowest BCUT2D eigenvalue weighted by Gasteiger charge is -2.17. The molecular weight excluding hydrogens is 353 g/mol. The number of nitrogens with zero attached hydrogens (tertiary/aromatic N) is 2. The molecule has 3 rings (SSSR count). The van der Waals surface area contributed by atoms with Crippen LogP contribution in [0, 0.1) is 0 Å². The van der Waals surface area contributed by atoms with Crippen molar-refractivity contribution < 1.29 is 18.0 Å². The number of carbonyl (C=O) groups is 1. The van der Waals surface area contributed by atoms with Gasteiger partial charge in [0, 0.05) is 12.3 Å². The van der Waals surface area contributed by atoms with Crippen molar-refractivity contribution in [2.75, 3.05) is 5.01 Å². The smallest absolute Gasteiger partial charge is 0.267 e. The molecule has 0 saturated heterocycles. The first kappa shape index (κ1) is 18.4. The molecule has 0 fully saturated rings. The average Bonchev–Trinajstić information content (AvgIpc) is 2.69. The summed E-state index contributed by atoms with van der Waals surface area (Å²) in [5.41, 5.74) is 1.73. The first-order valence-corrected chi connectivity index (χ1v) is 8.04. The van der Waals surface area contributed by atoms with Gasteiger partial charge in [0.2, 0.25) is 0 Å². The van der Waals surface area contributed by atoms with Gasteiger partial charge in [0.1, 0.15) is 0 Å². The Balaban J connectivity index is 1.84. The largest absolute Gasteiger partial charge is 0.416 e. The molecule has 27 heavy (non-hydrogen) atoms. The fourth-order valence-corrected chi connectivity index (χ4v) is 2.61. The van der Waals surface area contributed by atoms with E-state index in [0.29, 0.717) is 5.69 Å². The molecule has 0 radical (unpaired) electrons. The number of benzene rings is 3. The Morgan fingerprint density at radius 1 is 0.815 bits per heavy atom. The van der Waals surface area contributed by atoms with Crippen LogP contribution in [-0.2, 0) is 6.18 Å². The molecule has 0 heterocycles. The quantitative estimate of drug-likeness (QED) is 0.434. The van der Waals surface area contributed by atoms with Gasteiger partial charge in [-0.05, 0) is 47.5 Å². The van der Waals surface area contributed by atoms with E-state index in [-0.39, 0.29) is 5.56 Å². The molecule has 1 amide bonds. The van der Waals surface area contributed by atoms with E-state index in [9.17, 15) is 18.0 Å². The Bertz CT molecular complexity index is 934. The van der Waals surface area contributed by atoms with E-state index in [0.717, 1.165) is 40.4 Å².